The fourth-order valence-electron chi connectivity index (χ4n) is 2.41. The fourth-order valence-corrected chi connectivity index (χ4v) is 4.66. The molecule has 0 N–H and O–H groups in total. The van der Waals surface area contributed by atoms with E-state index in [1.54, 1.807) is 29.5 Å². The van der Waals surface area contributed by atoms with Gasteiger partial charge >= 0.3 is 0 Å². The van der Waals surface area contributed by atoms with Gasteiger partial charge in [-0.2, -0.15) is 5.26 Å². The summed E-state index contributed by atoms with van der Waals surface area (Å²) >= 11 is 9.21. The number of fused-ring (bicyclic) bond motifs is 1. The van der Waals surface area contributed by atoms with Crippen LogP contribution in [0.5, 0.6) is 11.5 Å². The van der Waals surface area contributed by atoms with E-state index in [2.05, 4.69) is 17.0 Å². The van der Waals surface area contributed by atoms with Gasteiger partial charge in [0, 0.05) is 0 Å². The molecule has 0 radical (unpaired) electrons. The molecular formula is C21H15ClN2O2S2. The topological polar surface area (TPSA) is 55.1 Å². The molecule has 1 heterocycles. The van der Waals surface area contributed by atoms with E-state index in [9.17, 15) is 5.26 Å². The third-order valence-electron chi connectivity index (χ3n) is 3.51. The molecule has 28 heavy (non-hydrogen) atoms. The van der Waals surface area contributed by atoms with Gasteiger partial charge in [-0.1, -0.05) is 29.7 Å². The number of nitrogens with zero attached hydrogens (tertiary/aromatic N) is 2. The molecule has 0 saturated carbocycles. The van der Waals surface area contributed by atoms with Gasteiger partial charge in [0.25, 0.3) is 0 Å². The Kier molecular flexibility index (Phi) is 6.84. The largest absolute Gasteiger partial charge is 0.490 e. The SMILES string of the molecule is C#CCOc1c(Cl)cc(/C=C(\C#N)Sc2nc3ccccc3s2)cc1OCC. The third kappa shape index (κ3) is 4.79. The molecule has 2 aromatic carbocycles. The second-order valence-corrected chi connectivity index (χ2v) is 8.15. The fraction of sp³-hybridized carbons (Fsp3) is 0.143. The van der Waals surface area contributed by atoms with E-state index >= 15 is 0 Å². The van der Waals surface area contributed by atoms with E-state index < -0.39 is 0 Å². The molecule has 0 unspecified atom stereocenters. The summed E-state index contributed by atoms with van der Waals surface area (Å²) in [6.45, 7) is 2.40. The molecule has 0 spiro atoms. The normalized spacial score (nSPS) is 11.1. The zero-order valence-electron chi connectivity index (χ0n) is 14.9. The van der Waals surface area contributed by atoms with Gasteiger partial charge in [-0.3, -0.25) is 0 Å². The Bertz CT molecular complexity index is 1080. The number of allylic oxidation sites excluding steroid dienone is 1. The first kappa shape index (κ1) is 20.1. The number of thiazole rings is 1. The number of aromatic nitrogens is 1. The van der Waals surface area contributed by atoms with Crippen LogP contribution < -0.4 is 9.47 Å². The third-order valence-corrected chi connectivity index (χ3v) is 5.82. The number of ether oxygens (including phenoxy) is 2. The van der Waals surface area contributed by atoms with Crippen molar-refractivity contribution in [2.45, 2.75) is 11.3 Å². The van der Waals surface area contributed by atoms with Crippen molar-refractivity contribution in [1.82, 2.24) is 4.98 Å². The van der Waals surface area contributed by atoms with Crippen molar-refractivity contribution < 1.29 is 9.47 Å². The first-order valence-corrected chi connectivity index (χ1v) is 10.3. The van der Waals surface area contributed by atoms with Crippen molar-refractivity contribution >= 4 is 51.0 Å². The Morgan fingerprint density at radius 1 is 1.36 bits per heavy atom. The predicted octanol–water partition coefficient (Wildman–Crippen LogP) is 6.02. The van der Waals surface area contributed by atoms with Crippen molar-refractivity contribution in [1.29, 1.82) is 5.26 Å². The van der Waals surface area contributed by atoms with Gasteiger partial charge < -0.3 is 9.47 Å². The predicted molar refractivity (Wildman–Crippen MR) is 116 cm³/mol. The number of para-hydroxylation sites is 1. The van der Waals surface area contributed by atoms with Crippen LogP contribution in [0.4, 0.5) is 0 Å². The summed E-state index contributed by atoms with van der Waals surface area (Å²) in [7, 11) is 0. The van der Waals surface area contributed by atoms with Gasteiger partial charge in [-0.25, -0.2) is 4.98 Å². The quantitative estimate of drug-likeness (QED) is 0.263. The van der Waals surface area contributed by atoms with Gasteiger partial charge in [0.15, 0.2) is 15.8 Å². The summed E-state index contributed by atoms with van der Waals surface area (Å²) < 4.78 is 13.0. The van der Waals surface area contributed by atoms with Crippen molar-refractivity contribution in [3.8, 4) is 29.9 Å². The van der Waals surface area contributed by atoms with Crippen LogP contribution in [-0.4, -0.2) is 18.2 Å². The lowest BCUT2D eigenvalue weighted by atomic mass is 10.2. The second kappa shape index (κ2) is 9.52. The van der Waals surface area contributed by atoms with Crippen molar-refractivity contribution in [3.63, 3.8) is 0 Å². The molecule has 0 aliphatic rings. The molecule has 0 bridgehead atoms. The van der Waals surface area contributed by atoms with E-state index in [1.807, 2.05) is 31.2 Å². The van der Waals surface area contributed by atoms with Crippen molar-refractivity contribution in [3.05, 3.63) is 51.9 Å². The summed E-state index contributed by atoms with van der Waals surface area (Å²) in [6.07, 6.45) is 7.00. The maximum Gasteiger partial charge on any atom is 0.181 e. The van der Waals surface area contributed by atoms with E-state index in [0.717, 1.165) is 20.1 Å². The number of terminal acetylenes is 1. The highest BCUT2D eigenvalue weighted by atomic mass is 35.5. The Hall–Kier alpha value is -2.64. The first-order valence-electron chi connectivity index (χ1n) is 8.32. The molecule has 0 saturated heterocycles. The number of nitriles is 1. The lowest BCUT2D eigenvalue weighted by Crippen LogP contribution is -2.00. The molecule has 1 aromatic heterocycles. The summed E-state index contributed by atoms with van der Waals surface area (Å²) in [5.74, 6) is 3.29. The van der Waals surface area contributed by atoms with Gasteiger partial charge in [0.05, 0.1) is 26.8 Å². The zero-order valence-corrected chi connectivity index (χ0v) is 17.3. The van der Waals surface area contributed by atoms with Crippen LogP contribution in [0.25, 0.3) is 16.3 Å². The average molecular weight is 427 g/mol. The molecule has 0 atom stereocenters. The Morgan fingerprint density at radius 3 is 2.89 bits per heavy atom. The minimum Gasteiger partial charge on any atom is -0.490 e. The molecular weight excluding hydrogens is 412 g/mol. The number of hydrogen-bond acceptors (Lipinski definition) is 6. The number of thioether (sulfide) groups is 1. The molecule has 3 aromatic rings. The summed E-state index contributed by atoms with van der Waals surface area (Å²) in [5, 5.41) is 9.93. The monoisotopic (exact) mass is 426 g/mol. The van der Waals surface area contributed by atoms with Crippen molar-refractivity contribution in [2.75, 3.05) is 13.2 Å². The van der Waals surface area contributed by atoms with E-state index in [-0.39, 0.29) is 6.61 Å². The van der Waals surface area contributed by atoms with Crippen LogP contribution >= 0.6 is 34.7 Å². The number of benzene rings is 2. The highest BCUT2D eigenvalue weighted by Crippen LogP contribution is 2.39. The smallest absolute Gasteiger partial charge is 0.181 e. The molecule has 0 aliphatic heterocycles. The standard InChI is InChI=1S/C21H15ClN2O2S2/c1-3-9-26-20-16(22)11-14(12-18(20)25-4-2)10-15(13-23)27-21-24-17-7-5-6-8-19(17)28-21/h1,5-8,10-12H,4,9H2,2H3/b15-10+. The summed E-state index contributed by atoms with van der Waals surface area (Å²) in [5.41, 5.74) is 1.65. The molecule has 0 aliphatic carbocycles. The second-order valence-electron chi connectivity index (χ2n) is 5.43. The van der Waals surface area contributed by atoms with E-state index in [4.69, 9.17) is 27.5 Å². The summed E-state index contributed by atoms with van der Waals surface area (Å²) in [6, 6.07) is 13.6. The van der Waals surface area contributed by atoms with Crippen LogP contribution in [0.3, 0.4) is 0 Å². The van der Waals surface area contributed by atoms with Crippen LogP contribution in [0, 0.1) is 23.7 Å². The number of rotatable bonds is 7. The molecule has 0 fully saturated rings. The maximum atomic E-state index is 9.56. The van der Waals surface area contributed by atoms with Crippen LogP contribution in [0.1, 0.15) is 12.5 Å². The van der Waals surface area contributed by atoms with E-state index in [1.165, 1.54) is 11.8 Å². The maximum absolute atomic E-state index is 9.56. The Morgan fingerprint density at radius 2 is 2.18 bits per heavy atom. The van der Waals surface area contributed by atoms with E-state index in [0.29, 0.717) is 28.0 Å². The first-order chi connectivity index (χ1) is 13.6. The molecule has 0 amide bonds. The molecule has 7 heteroatoms. The molecule has 3 rings (SSSR count). The van der Waals surface area contributed by atoms with Crippen LogP contribution in [0.2, 0.25) is 5.02 Å². The van der Waals surface area contributed by atoms with Crippen molar-refractivity contribution in [2.24, 2.45) is 0 Å². The molecule has 4 nitrogen and oxygen atoms in total. The highest BCUT2D eigenvalue weighted by molar-refractivity contribution is 8.05. The number of halogens is 1. The van der Waals surface area contributed by atoms with Gasteiger partial charge in [-0.05, 0) is 54.6 Å². The van der Waals surface area contributed by atoms with Gasteiger partial charge in [0.2, 0.25) is 0 Å². The molecule has 140 valence electrons. The van der Waals surface area contributed by atoms with Crippen LogP contribution in [-0.2, 0) is 0 Å². The number of hydrogen-bond donors (Lipinski definition) is 0. The van der Waals surface area contributed by atoms with Gasteiger partial charge in [0.1, 0.15) is 12.7 Å². The Balaban J connectivity index is 1.91. The summed E-state index contributed by atoms with van der Waals surface area (Å²) in [4.78, 5) is 5.05. The minimum absolute atomic E-state index is 0.0892. The lowest BCUT2D eigenvalue weighted by molar-refractivity contribution is 0.299. The zero-order chi connectivity index (χ0) is 19.9. The van der Waals surface area contributed by atoms with Crippen LogP contribution in [0.15, 0.2) is 45.6 Å². The highest BCUT2D eigenvalue weighted by Gasteiger charge is 2.13. The van der Waals surface area contributed by atoms with Gasteiger partial charge in [-0.15, -0.1) is 17.8 Å². The Labute approximate surface area is 176 Å². The minimum atomic E-state index is 0.0892. The lowest BCUT2D eigenvalue weighted by Gasteiger charge is -2.13. The average Bonchev–Trinajstić information content (AvgIpc) is 3.09.